The predicted octanol–water partition coefficient (Wildman–Crippen LogP) is 3.97. The smallest absolute Gasteiger partial charge is 0.229 e. The van der Waals surface area contributed by atoms with Crippen molar-refractivity contribution in [3.05, 3.63) is 69.5 Å². The van der Waals surface area contributed by atoms with E-state index in [2.05, 4.69) is 21.5 Å². The monoisotopic (exact) mass is 413 g/mol. The molecular formula is C19H13Cl2N5O2. The van der Waals surface area contributed by atoms with Crippen LogP contribution in [-0.2, 0) is 11.4 Å². The summed E-state index contributed by atoms with van der Waals surface area (Å²) in [5.41, 5.74) is 1.98. The number of rotatable bonds is 4. The van der Waals surface area contributed by atoms with Crippen LogP contribution in [-0.4, -0.2) is 20.7 Å². The van der Waals surface area contributed by atoms with Gasteiger partial charge in [0.1, 0.15) is 12.9 Å². The first-order valence-electron chi connectivity index (χ1n) is 8.36. The molecule has 1 aliphatic rings. The molecule has 1 N–H and O–H groups in total. The Hall–Kier alpha value is -3.08. The molecule has 0 spiro atoms. The molecule has 2 heterocycles. The van der Waals surface area contributed by atoms with Gasteiger partial charge < -0.3 is 4.74 Å². The van der Waals surface area contributed by atoms with Crippen molar-refractivity contribution in [1.29, 1.82) is 5.26 Å². The Bertz CT molecular complexity index is 1080. The van der Waals surface area contributed by atoms with Gasteiger partial charge >= 0.3 is 0 Å². The standard InChI is InChI=1S/C19H13Cl2N5O2/c20-14-5-13(16-7-17(27)25-19-23-10-24-26(16)19)6-15(21)18(14)28-9-12-4-2-1-3-11(12)8-22/h1-6,10,16H,7,9H2,(H,23,24,25,27)/t16-/m0/s1. The number of carbonyl (C=O) groups is 1. The van der Waals surface area contributed by atoms with Crippen molar-refractivity contribution in [3.63, 3.8) is 0 Å². The molecule has 0 saturated heterocycles. The number of amides is 1. The van der Waals surface area contributed by atoms with Crippen LogP contribution in [0.25, 0.3) is 0 Å². The largest absolute Gasteiger partial charge is 0.486 e. The van der Waals surface area contributed by atoms with Gasteiger partial charge in [-0.15, -0.1) is 0 Å². The Morgan fingerprint density at radius 3 is 2.79 bits per heavy atom. The maximum atomic E-state index is 12.0. The SMILES string of the molecule is N#Cc1ccccc1COc1c(Cl)cc([C@@H]2CC(=O)Nc3ncnn32)cc1Cl. The molecule has 0 fully saturated rings. The van der Waals surface area contributed by atoms with Crippen molar-refractivity contribution >= 4 is 35.1 Å². The van der Waals surface area contributed by atoms with Crippen LogP contribution in [0.4, 0.5) is 5.95 Å². The van der Waals surface area contributed by atoms with E-state index < -0.39 is 0 Å². The van der Waals surface area contributed by atoms with Crippen molar-refractivity contribution in [2.75, 3.05) is 5.32 Å². The molecule has 1 aliphatic heterocycles. The summed E-state index contributed by atoms with van der Waals surface area (Å²) in [5, 5.41) is 16.6. The summed E-state index contributed by atoms with van der Waals surface area (Å²) in [5.74, 6) is 0.534. The number of aromatic nitrogens is 3. The van der Waals surface area contributed by atoms with E-state index in [0.717, 1.165) is 11.1 Å². The molecule has 0 bridgehead atoms. The van der Waals surface area contributed by atoms with Gasteiger partial charge in [0, 0.05) is 5.56 Å². The van der Waals surface area contributed by atoms with Crippen LogP contribution in [0.3, 0.4) is 0 Å². The number of nitrogens with zero attached hydrogens (tertiary/aromatic N) is 4. The third-order valence-electron chi connectivity index (χ3n) is 4.41. The predicted molar refractivity (Wildman–Crippen MR) is 103 cm³/mol. The van der Waals surface area contributed by atoms with Gasteiger partial charge in [-0.05, 0) is 23.8 Å². The van der Waals surface area contributed by atoms with Crippen LogP contribution in [0, 0.1) is 11.3 Å². The zero-order valence-corrected chi connectivity index (χ0v) is 15.9. The van der Waals surface area contributed by atoms with E-state index in [4.69, 9.17) is 27.9 Å². The number of carbonyl (C=O) groups excluding carboxylic acids is 1. The maximum absolute atomic E-state index is 12.0. The Morgan fingerprint density at radius 1 is 1.29 bits per heavy atom. The third-order valence-corrected chi connectivity index (χ3v) is 4.97. The Kier molecular flexibility index (Phi) is 4.90. The fourth-order valence-electron chi connectivity index (χ4n) is 3.08. The van der Waals surface area contributed by atoms with E-state index >= 15 is 0 Å². The van der Waals surface area contributed by atoms with Crippen LogP contribution < -0.4 is 10.1 Å². The molecule has 1 aromatic heterocycles. The molecule has 9 heteroatoms. The zero-order chi connectivity index (χ0) is 19.7. The van der Waals surface area contributed by atoms with Crippen LogP contribution in [0.5, 0.6) is 5.75 Å². The van der Waals surface area contributed by atoms with E-state index in [1.54, 1.807) is 28.9 Å². The second-order valence-electron chi connectivity index (χ2n) is 6.17. The summed E-state index contributed by atoms with van der Waals surface area (Å²) in [6, 6.07) is 12.3. The van der Waals surface area contributed by atoms with Gasteiger partial charge in [0.2, 0.25) is 11.9 Å². The number of hydrogen-bond acceptors (Lipinski definition) is 5. The summed E-state index contributed by atoms with van der Waals surface area (Å²) in [6.07, 6.45) is 1.57. The number of fused-ring (bicyclic) bond motifs is 1. The minimum atomic E-state index is -0.366. The fourth-order valence-corrected chi connectivity index (χ4v) is 3.69. The molecule has 3 aromatic rings. The highest BCUT2D eigenvalue weighted by Crippen LogP contribution is 2.39. The van der Waals surface area contributed by atoms with Crippen molar-refractivity contribution < 1.29 is 9.53 Å². The van der Waals surface area contributed by atoms with Gasteiger partial charge in [-0.2, -0.15) is 15.3 Å². The van der Waals surface area contributed by atoms with Gasteiger partial charge in [-0.1, -0.05) is 41.4 Å². The van der Waals surface area contributed by atoms with E-state index in [1.807, 2.05) is 12.1 Å². The number of anilines is 1. The van der Waals surface area contributed by atoms with Crippen molar-refractivity contribution in [1.82, 2.24) is 14.8 Å². The summed E-state index contributed by atoms with van der Waals surface area (Å²) in [6.45, 7) is 0.154. The number of nitriles is 1. The van der Waals surface area contributed by atoms with Crippen LogP contribution in [0.2, 0.25) is 10.0 Å². The fraction of sp³-hybridized carbons (Fsp3) is 0.158. The van der Waals surface area contributed by atoms with Crippen LogP contribution in [0.15, 0.2) is 42.7 Å². The second-order valence-corrected chi connectivity index (χ2v) is 6.98. The first kappa shape index (κ1) is 18.3. The number of hydrogen-bond donors (Lipinski definition) is 1. The molecule has 7 nitrogen and oxygen atoms in total. The molecule has 1 amide bonds. The highest BCUT2D eigenvalue weighted by atomic mass is 35.5. The minimum Gasteiger partial charge on any atom is -0.486 e. The number of halogens is 2. The summed E-state index contributed by atoms with van der Waals surface area (Å²) < 4.78 is 7.40. The minimum absolute atomic E-state index is 0.154. The zero-order valence-electron chi connectivity index (χ0n) is 14.4. The summed E-state index contributed by atoms with van der Waals surface area (Å²) in [4.78, 5) is 16.0. The van der Waals surface area contributed by atoms with Gasteiger partial charge in [-0.25, -0.2) is 4.68 Å². The van der Waals surface area contributed by atoms with Gasteiger partial charge in [0.05, 0.1) is 34.1 Å². The number of ether oxygens (including phenoxy) is 1. The molecule has 4 rings (SSSR count). The lowest BCUT2D eigenvalue weighted by molar-refractivity contribution is -0.117. The average molecular weight is 414 g/mol. The molecule has 28 heavy (non-hydrogen) atoms. The Morgan fingerprint density at radius 2 is 2.04 bits per heavy atom. The quantitative estimate of drug-likeness (QED) is 0.698. The second kappa shape index (κ2) is 7.50. The van der Waals surface area contributed by atoms with Crippen molar-refractivity contribution in [2.24, 2.45) is 0 Å². The number of benzene rings is 2. The summed E-state index contributed by atoms with van der Waals surface area (Å²) >= 11 is 12.8. The normalized spacial score (nSPS) is 15.5. The lowest BCUT2D eigenvalue weighted by atomic mass is 10.0. The molecule has 0 radical (unpaired) electrons. The molecule has 0 saturated carbocycles. The van der Waals surface area contributed by atoms with Crippen molar-refractivity contribution in [3.8, 4) is 11.8 Å². The highest BCUT2D eigenvalue weighted by Gasteiger charge is 2.28. The van der Waals surface area contributed by atoms with Gasteiger partial charge in [-0.3, -0.25) is 10.1 Å². The maximum Gasteiger partial charge on any atom is 0.229 e. The first-order chi connectivity index (χ1) is 13.6. The Labute approximate surface area is 170 Å². The number of nitrogens with one attached hydrogen (secondary N) is 1. The Balaban J connectivity index is 1.61. The van der Waals surface area contributed by atoms with Crippen molar-refractivity contribution in [2.45, 2.75) is 19.1 Å². The molecule has 0 unspecified atom stereocenters. The molecule has 1 atom stereocenters. The highest BCUT2D eigenvalue weighted by molar-refractivity contribution is 6.37. The third kappa shape index (κ3) is 3.40. The van der Waals surface area contributed by atoms with Crippen LogP contribution >= 0.6 is 23.2 Å². The van der Waals surface area contributed by atoms with E-state index in [-0.39, 0.29) is 25.0 Å². The van der Waals surface area contributed by atoms with Crippen LogP contribution in [0.1, 0.15) is 29.2 Å². The van der Waals surface area contributed by atoms with Gasteiger partial charge in [0.15, 0.2) is 5.75 Å². The lowest BCUT2D eigenvalue weighted by Crippen LogP contribution is -2.29. The van der Waals surface area contributed by atoms with E-state index in [1.165, 1.54) is 6.33 Å². The molecule has 140 valence electrons. The molecule has 2 aromatic carbocycles. The first-order valence-corrected chi connectivity index (χ1v) is 9.11. The topological polar surface area (TPSA) is 92.8 Å². The lowest BCUT2D eigenvalue weighted by Gasteiger charge is -2.24. The summed E-state index contributed by atoms with van der Waals surface area (Å²) in [7, 11) is 0. The average Bonchev–Trinajstić information content (AvgIpc) is 3.15. The molecule has 0 aliphatic carbocycles. The van der Waals surface area contributed by atoms with Gasteiger partial charge in [0.25, 0.3) is 0 Å². The van der Waals surface area contributed by atoms with E-state index in [0.29, 0.717) is 27.3 Å². The molecular weight excluding hydrogens is 401 g/mol. The van der Waals surface area contributed by atoms with E-state index in [9.17, 15) is 10.1 Å².